The van der Waals surface area contributed by atoms with E-state index in [0.29, 0.717) is 32.0 Å². The molecule has 11 heteroatoms. The number of rotatable bonds is 5. The summed E-state index contributed by atoms with van der Waals surface area (Å²) in [6, 6.07) is 12.2. The Morgan fingerprint density at radius 1 is 1.00 bits per heavy atom. The van der Waals surface area contributed by atoms with Crippen LogP contribution in [0.3, 0.4) is 0 Å². The van der Waals surface area contributed by atoms with E-state index in [1.54, 1.807) is 6.07 Å². The van der Waals surface area contributed by atoms with E-state index >= 15 is 0 Å². The first kappa shape index (κ1) is 23.9. The maximum absolute atomic E-state index is 13.0. The molecule has 0 spiro atoms. The van der Waals surface area contributed by atoms with Crippen molar-refractivity contribution in [3.05, 3.63) is 58.1 Å². The molecule has 0 unspecified atom stereocenters. The van der Waals surface area contributed by atoms with Gasteiger partial charge < -0.3 is 24.8 Å². The molecule has 2 heterocycles. The van der Waals surface area contributed by atoms with E-state index in [4.69, 9.17) is 17.0 Å². The molecule has 1 amide bonds. The van der Waals surface area contributed by atoms with Crippen molar-refractivity contribution >= 4 is 46.0 Å². The SMILES string of the molecule is CN1CCN(c2ccc(NC(=S)NC(=O)c3cc([N+](=O)[O-])ccc3N3CCOCC3)cc2)CC1. The van der Waals surface area contributed by atoms with Gasteiger partial charge in [0.25, 0.3) is 11.6 Å². The number of morpholine rings is 1. The van der Waals surface area contributed by atoms with Gasteiger partial charge in [0, 0.05) is 62.8 Å². The summed E-state index contributed by atoms with van der Waals surface area (Å²) in [4.78, 5) is 30.4. The number of nitro benzene ring substituents is 1. The van der Waals surface area contributed by atoms with E-state index in [1.165, 1.54) is 12.1 Å². The average Bonchev–Trinajstić information content (AvgIpc) is 2.85. The van der Waals surface area contributed by atoms with Crippen LogP contribution in [0.25, 0.3) is 0 Å². The highest BCUT2D eigenvalue weighted by Gasteiger charge is 2.23. The predicted octanol–water partition coefficient (Wildman–Crippen LogP) is 2.31. The first-order valence-electron chi connectivity index (χ1n) is 11.2. The minimum absolute atomic E-state index is 0.122. The number of nitro groups is 1. The van der Waals surface area contributed by atoms with Gasteiger partial charge in [-0.25, -0.2) is 0 Å². The number of benzene rings is 2. The number of hydrogen-bond acceptors (Lipinski definition) is 8. The third kappa shape index (κ3) is 5.79. The number of thiocarbonyl (C=S) groups is 1. The Morgan fingerprint density at radius 3 is 2.32 bits per heavy atom. The first-order chi connectivity index (χ1) is 16.4. The minimum Gasteiger partial charge on any atom is -0.378 e. The van der Waals surface area contributed by atoms with Crippen LogP contribution in [0.2, 0.25) is 0 Å². The number of carbonyl (C=O) groups is 1. The van der Waals surface area contributed by atoms with Crippen LogP contribution in [-0.2, 0) is 4.74 Å². The van der Waals surface area contributed by atoms with Crippen molar-refractivity contribution in [2.75, 3.05) is 74.6 Å². The van der Waals surface area contributed by atoms with E-state index < -0.39 is 10.8 Å². The second-order valence-corrected chi connectivity index (χ2v) is 8.71. The van der Waals surface area contributed by atoms with E-state index in [2.05, 4.69) is 27.5 Å². The van der Waals surface area contributed by atoms with Crippen LogP contribution in [0.1, 0.15) is 10.4 Å². The van der Waals surface area contributed by atoms with Crippen LogP contribution >= 0.6 is 12.2 Å². The van der Waals surface area contributed by atoms with Gasteiger partial charge in [0.2, 0.25) is 0 Å². The number of carbonyl (C=O) groups excluding carboxylic acids is 1. The summed E-state index contributed by atoms with van der Waals surface area (Å²) in [6.07, 6.45) is 0. The molecule has 0 saturated carbocycles. The smallest absolute Gasteiger partial charge is 0.270 e. The molecule has 4 rings (SSSR count). The van der Waals surface area contributed by atoms with Gasteiger partial charge >= 0.3 is 0 Å². The van der Waals surface area contributed by atoms with E-state index in [-0.39, 0.29) is 16.4 Å². The van der Waals surface area contributed by atoms with Crippen LogP contribution in [-0.4, -0.2) is 80.4 Å². The summed E-state index contributed by atoms with van der Waals surface area (Å²) < 4.78 is 5.38. The summed E-state index contributed by atoms with van der Waals surface area (Å²) in [6.45, 7) is 6.27. The number of piperazine rings is 1. The number of amides is 1. The third-order valence-corrected chi connectivity index (χ3v) is 6.21. The molecule has 0 radical (unpaired) electrons. The largest absolute Gasteiger partial charge is 0.378 e. The number of non-ortho nitro benzene ring substituents is 1. The number of nitrogens with zero attached hydrogens (tertiary/aromatic N) is 4. The Bertz CT molecular complexity index is 1050. The first-order valence-corrected chi connectivity index (χ1v) is 11.6. The topological polar surface area (TPSA) is 103 Å². The number of likely N-dealkylation sites (N-methyl/N-ethyl adjacent to an activating group) is 1. The average molecular weight is 485 g/mol. The molecule has 10 nitrogen and oxygen atoms in total. The highest BCUT2D eigenvalue weighted by atomic mass is 32.1. The van der Waals surface area contributed by atoms with Crippen molar-refractivity contribution in [2.45, 2.75) is 0 Å². The zero-order chi connectivity index (χ0) is 24.1. The summed E-state index contributed by atoms with van der Waals surface area (Å²) in [5.41, 5.74) is 2.55. The van der Waals surface area contributed by atoms with Crippen molar-refractivity contribution in [1.29, 1.82) is 0 Å². The minimum atomic E-state index is -0.516. The Kier molecular flexibility index (Phi) is 7.56. The van der Waals surface area contributed by atoms with Crippen LogP contribution in [0.15, 0.2) is 42.5 Å². The van der Waals surface area contributed by atoms with E-state index in [9.17, 15) is 14.9 Å². The third-order valence-electron chi connectivity index (χ3n) is 6.01. The molecular formula is C23H28N6O4S. The van der Waals surface area contributed by atoms with Gasteiger partial charge in [-0.2, -0.15) is 0 Å². The summed E-state index contributed by atoms with van der Waals surface area (Å²) in [5, 5.41) is 17.1. The van der Waals surface area contributed by atoms with Crippen molar-refractivity contribution in [3.63, 3.8) is 0 Å². The molecule has 2 fully saturated rings. The van der Waals surface area contributed by atoms with Gasteiger partial charge in [-0.3, -0.25) is 20.2 Å². The van der Waals surface area contributed by atoms with E-state index in [0.717, 1.165) is 37.6 Å². The lowest BCUT2D eigenvalue weighted by Crippen LogP contribution is -2.44. The molecule has 0 bridgehead atoms. The fourth-order valence-electron chi connectivity index (χ4n) is 4.05. The second kappa shape index (κ2) is 10.8. The van der Waals surface area contributed by atoms with Crippen LogP contribution in [0, 0.1) is 10.1 Å². The van der Waals surface area contributed by atoms with Crippen molar-refractivity contribution in [1.82, 2.24) is 10.2 Å². The number of nitrogens with one attached hydrogen (secondary N) is 2. The Hall–Kier alpha value is -3.28. The second-order valence-electron chi connectivity index (χ2n) is 8.30. The van der Waals surface area contributed by atoms with Crippen LogP contribution in [0.4, 0.5) is 22.7 Å². The molecule has 2 aromatic rings. The number of ether oxygens (including phenoxy) is 1. The van der Waals surface area contributed by atoms with Gasteiger partial charge in [0.15, 0.2) is 5.11 Å². The molecule has 2 aliphatic heterocycles. The monoisotopic (exact) mass is 484 g/mol. The summed E-state index contributed by atoms with van der Waals surface area (Å²) >= 11 is 5.34. The molecule has 0 aromatic heterocycles. The number of anilines is 3. The molecule has 34 heavy (non-hydrogen) atoms. The highest BCUT2D eigenvalue weighted by molar-refractivity contribution is 7.80. The van der Waals surface area contributed by atoms with Crippen LogP contribution < -0.4 is 20.4 Å². The van der Waals surface area contributed by atoms with Gasteiger partial charge in [0.1, 0.15) is 0 Å². The molecule has 2 aromatic carbocycles. The lowest BCUT2D eigenvalue weighted by atomic mass is 10.1. The standard InChI is InChI=1S/C23H28N6O4S/c1-26-8-10-27(11-9-26)18-4-2-17(3-5-18)24-23(34)25-22(30)20-16-19(29(31)32)6-7-21(20)28-12-14-33-15-13-28/h2-7,16H,8-15H2,1H3,(H2,24,25,30,34). The zero-order valence-corrected chi connectivity index (χ0v) is 19.8. The quantitative estimate of drug-likeness (QED) is 0.376. The lowest BCUT2D eigenvalue weighted by molar-refractivity contribution is -0.384. The number of hydrogen-bond donors (Lipinski definition) is 2. The van der Waals surface area contributed by atoms with Crippen molar-refractivity contribution in [3.8, 4) is 0 Å². The normalized spacial score (nSPS) is 16.7. The molecule has 180 valence electrons. The van der Waals surface area contributed by atoms with Crippen molar-refractivity contribution < 1.29 is 14.5 Å². The van der Waals surface area contributed by atoms with Gasteiger partial charge in [-0.1, -0.05) is 0 Å². The fourth-order valence-corrected chi connectivity index (χ4v) is 4.26. The molecule has 2 aliphatic rings. The molecule has 2 N–H and O–H groups in total. The maximum Gasteiger partial charge on any atom is 0.270 e. The van der Waals surface area contributed by atoms with Gasteiger partial charge in [-0.15, -0.1) is 0 Å². The maximum atomic E-state index is 13.0. The fraction of sp³-hybridized carbons (Fsp3) is 0.391. The molecule has 0 aliphatic carbocycles. The molecular weight excluding hydrogens is 456 g/mol. The van der Waals surface area contributed by atoms with Crippen molar-refractivity contribution in [2.24, 2.45) is 0 Å². The zero-order valence-electron chi connectivity index (χ0n) is 19.0. The highest BCUT2D eigenvalue weighted by Crippen LogP contribution is 2.26. The Morgan fingerprint density at radius 2 is 1.68 bits per heavy atom. The Balaban J connectivity index is 1.42. The predicted molar refractivity (Wildman–Crippen MR) is 136 cm³/mol. The molecule has 0 atom stereocenters. The Labute approximate surface area is 203 Å². The van der Waals surface area contributed by atoms with E-state index in [1.807, 2.05) is 29.2 Å². The summed E-state index contributed by atoms with van der Waals surface area (Å²) in [5.74, 6) is -0.503. The summed E-state index contributed by atoms with van der Waals surface area (Å²) in [7, 11) is 2.12. The lowest BCUT2D eigenvalue weighted by Gasteiger charge is -2.34. The van der Waals surface area contributed by atoms with Gasteiger partial charge in [-0.05, 0) is 49.6 Å². The molecule has 2 saturated heterocycles. The van der Waals surface area contributed by atoms with Gasteiger partial charge in [0.05, 0.1) is 29.4 Å². The van der Waals surface area contributed by atoms with Crippen LogP contribution in [0.5, 0.6) is 0 Å².